The highest BCUT2D eigenvalue weighted by atomic mass is 16.3. The summed E-state index contributed by atoms with van der Waals surface area (Å²) in [6.45, 7) is 19.0. The highest BCUT2D eigenvalue weighted by molar-refractivity contribution is 6.94. The van der Waals surface area contributed by atoms with Crippen LogP contribution in [0.4, 0.5) is 28.4 Å². The largest absolute Gasteiger partial charge is 0.456 e. The number of furan rings is 1. The molecule has 318 valence electrons. The van der Waals surface area contributed by atoms with Crippen LogP contribution < -0.4 is 20.6 Å². The summed E-state index contributed by atoms with van der Waals surface area (Å²) in [5, 5.41) is 2.30. The first-order valence-corrected chi connectivity index (χ1v) is 23.5. The van der Waals surface area contributed by atoms with E-state index in [-0.39, 0.29) is 23.1 Å². The predicted molar refractivity (Wildman–Crippen MR) is 277 cm³/mol. The fourth-order valence-electron chi connectivity index (χ4n) is 11.5. The van der Waals surface area contributed by atoms with Gasteiger partial charge in [0.15, 0.2) is 0 Å². The topological polar surface area (TPSA) is 19.6 Å². The summed E-state index contributed by atoms with van der Waals surface area (Å²) < 4.78 is 6.97. The van der Waals surface area contributed by atoms with Gasteiger partial charge in [-0.2, -0.15) is 0 Å². The zero-order valence-electron chi connectivity index (χ0n) is 38.9. The van der Waals surface area contributed by atoms with Crippen molar-refractivity contribution in [2.75, 3.05) is 9.71 Å². The molecule has 0 fully saturated rings. The number of aryl methyl sites for hydroxylation is 1. The second kappa shape index (κ2) is 14.1. The van der Waals surface area contributed by atoms with E-state index in [4.69, 9.17) is 4.42 Å². The Morgan fingerprint density at radius 2 is 1.15 bits per heavy atom. The maximum Gasteiger partial charge on any atom is 0.333 e. The number of fused-ring (bicyclic) bond motifs is 9. The third kappa shape index (κ3) is 6.09. The van der Waals surface area contributed by atoms with Crippen molar-refractivity contribution in [3.05, 3.63) is 186 Å². The van der Waals surface area contributed by atoms with Crippen LogP contribution in [0.5, 0.6) is 0 Å². The molecule has 0 N–H and O–H groups in total. The Hall–Kier alpha value is -6.78. The molecule has 0 bridgehead atoms. The minimum absolute atomic E-state index is 0.00712. The summed E-state index contributed by atoms with van der Waals surface area (Å²) in [6, 6.07) is 61.5. The van der Waals surface area contributed by atoms with Gasteiger partial charge in [-0.3, -0.25) is 0 Å². The Morgan fingerprint density at radius 1 is 0.538 bits per heavy atom. The zero-order valence-corrected chi connectivity index (χ0v) is 38.9. The lowest BCUT2D eigenvalue weighted by Crippen LogP contribution is -2.62. The van der Waals surface area contributed by atoms with Gasteiger partial charge in [-0.1, -0.05) is 170 Å². The van der Waals surface area contributed by atoms with Gasteiger partial charge in [0.25, 0.3) is 0 Å². The summed E-state index contributed by atoms with van der Waals surface area (Å²) in [7, 11) is 0. The molecule has 65 heavy (non-hydrogen) atoms. The fourth-order valence-corrected chi connectivity index (χ4v) is 11.5. The number of para-hydroxylation sites is 1. The van der Waals surface area contributed by atoms with Crippen LogP contribution in [0.25, 0.3) is 55.3 Å². The minimum Gasteiger partial charge on any atom is -0.456 e. The normalized spacial score (nSPS) is 15.7. The van der Waals surface area contributed by atoms with Crippen molar-refractivity contribution in [3.8, 4) is 33.4 Å². The maximum absolute atomic E-state index is 6.97. The van der Waals surface area contributed by atoms with Gasteiger partial charge in [0.1, 0.15) is 11.2 Å². The first-order valence-electron chi connectivity index (χ1n) is 23.5. The number of hydrogen-bond acceptors (Lipinski definition) is 3. The van der Waals surface area contributed by atoms with Crippen LogP contribution in [0.2, 0.25) is 0 Å². The quantitative estimate of drug-likeness (QED) is 0.165. The molecule has 8 aromatic carbocycles. The van der Waals surface area contributed by atoms with Gasteiger partial charge in [-0.25, -0.2) is 0 Å². The van der Waals surface area contributed by atoms with Gasteiger partial charge >= 0.3 is 6.85 Å². The van der Waals surface area contributed by atoms with E-state index < -0.39 is 0 Å². The van der Waals surface area contributed by atoms with Crippen LogP contribution >= 0.6 is 0 Å². The highest BCUT2D eigenvalue weighted by Gasteiger charge is 2.49. The molecule has 0 unspecified atom stereocenters. The van der Waals surface area contributed by atoms with Crippen LogP contribution in [0.15, 0.2) is 168 Å². The molecule has 3 nitrogen and oxygen atoms in total. The van der Waals surface area contributed by atoms with Gasteiger partial charge in [-0.15, -0.1) is 0 Å². The molecule has 12 rings (SSSR count). The van der Waals surface area contributed by atoms with E-state index in [1.54, 1.807) is 0 Å². The Bertz CT molecular complexity index is 3370. The van der Waals surface area contributed by atoms with Crippen molar-refractivity contribution in [2.24, 2.45) is 0 Å². The van der Waals surface area contributed by atoms with Gasteiger partial charge < -0.3 is 14.1 Å². The molecular formula is C61H55BN2O. The van der Waals surface area contributed by atoms with Gasteiger partial charge in [0, 0.05) is 33.7 Å². The second-order valence-corrected chi connectivity index (χ2v) is 21.3. The van der Waals surface area contributed by atoms with Crippen LogP contribution in [0, 0.1) is 6.92 Å². The second-order valence-electron chi connectivity index (χ2n) is 21.3. The van der Waals surface area contributed by atoms with Gasteiger partial charge in [0.2, 0.25) is 0 Å². The van der Waals surface area contributed by atoms with E-state index in [0.717, 1.165) is 40.5 Å². The van der Waals surface area contributed by atoms with Crippen molar-refractivity contribution >= 4 is 68.1 Å². The SMILES string of the molecule is Cc1cc(C(C)(C)C)ccc1N1c2cc3c(cc2B2c4c(cc5oc6ccccc6c5c41)-c1ccc(-c4ccccc4)cc1N2c1ccc(-c2ccccc2)cc1)C(C)(C)CCC3(C)C. The molecule has 1 aromatic heterocycles. The molecule has 0 atom stereocenters. The molecule has 3 heterocycles. The average molecular weight is 843 g/mol. The molecule has 0 spiro atoms. The van der Waals surface area contributed by atoms with Crippen LogP contribution in [-0.2, 0) is 16.2 Å². The van der Waals surface area contributed by atoms with Crippen molar-refractivity contribution in [3.63, 3.8) is 0 Å². The predicted octanol–water partition coefficient (Wildman–Crippen LogP) is 15.6. The van der Waals surface area contributed by atoms with E-state index in [1.807, 2.05) is 0 Å². The number of rotatable bonds is 4. The van der Waals surface area contributed by atoms with E-state index in [2.05, 4.69) is 229 Å². The van der Waals surface area contributed by atoms with Crippen LogP contribution in [-0.4, -0.2) is 6.85 Å². The molecule has 0 saturated heterocycles. The molecule has 0 radical (unpaired) electrons. The molecule has 3 aliphatic rings. The van der Waals surface area contributed by atoms with E-state index >= 15 is 0 Å². The molecule has 2 aliphatic heterocycles. The molecule has 0 amide bonds. The fraction of sp³-hybridized carbons (Fsp3) is 0.213. The summed E-state index contributed by atoms with van der Waals surface area (Å²) in [5.74, 6) is 0. The monoisotopic (exact) mass is 842 g/mol. The summed E-state index contributed by atoms with van der Waals surface area (Å²) >= 11 is 0. The Morgan fingerprint density at radius 3 is 1.83 bits per heavy atom. The molecular weight excluding hydrogens is 787 g/mol. The zero-order chi connectivity index (χ0) is 44.6. The summed E-state index contributed by atoms with van der Waals surface area (Å²) in [4.78, 5) is 5.32. The Balaban J connectivity index is 1.24. The average Bonchev–Trinajstić information content (AvgIpc) is 3.69. The smallest absolute Gasteiger partial charge is 0.333 e. The van der Waals surface area contributed by atoms with Crippen LogP contribution in [0.3, 0.4) is 0 Å². The molecule has 0 saturated carbocycles. The standard InChI is InChI=1S/C61H55BN2O/c1-38-33-43(59(2,3)4)26-30-51(38)63-53-37-49-48(60(5,6)31-32-61(49,7)8)36-50(53)62-57-47(35-55-56(58(57)63)46-21-15-16-22-54(46)65-55)45-29-25-42(40-19-13-10-14-20-40)34-52(45)64(62)44-27-23-41(24-28-44)39-17-11-9-12-18-39/h9-30,33-37H,31-32H2,1-8H3. The third-order valence-corrected chi connectivity index (χ3v) is 15.2. The van der Waals surface area contributed by atoms with Crippen molar-refractivity contribution in [1.29, 1.82) is 0 Å². The van der Waals surface area contributed by atoms with Crippen molar-refractivity contribution in [1.82, 2.24) is 0 Å². The third-order valence-electron chi connectivity index (χ3n) is 15.2. The number of hydrogen-bond donors (Lipinski definition) is 0. The van der Waals surface area contributed by atoms with E-state index in [0.29, 0.717) is 0 Å². The molecule has 1 aliphatic carbocycles. The lowest BCUT2D eigenvalue weighted by molar-refractivity contribution is 0.332. The molecule has 4 heteroatoms. The van der Waals surface area contributed by atoms with E-state index in [9.17, 15) is 0 Å². The summed E-state index contributed by atoms with van der Waals surface area (Å²) in [5.41, 5.74) is 23.3. The highest BCUT2D eigenvalue weighted by Crippen LogP contribution is 2.54. The number of nitrogens with zero attached hydrogens (tertiary/aromatic N) is 2. The summed E-state index contributed by atoms with van der Waals surface area (Å²) in [6.07, 6.45) is 2.28. The van der Waals surface area contributed by atoms with Gasteiger partial charge in [0.05, 0.1) is 11.1 Å². The Labute approximate surface area is 384 Å². The lowest BCUT2D eigenvalue weighted by Gasteiger charge is -2.48. The minimum atomic E-state index is -0.147. The van der Waals surface area contributed by atoms with Crippen molar-refractivity contribution in [2.45, 2.75) is 84.5 Å². The number of benzene rings is 8. The van der Waals surface area contributed by atoms with Crippen molar-refractivity contribution < 1.29 is 4.42 Å². The first-order chi connectivity index (χ1) is 31.3. The van der Waals surface area contributed by atoms with Crippen LogP contribution in [0.1, 0.15) is 83.6 Å². The van der Waals surface area contributed by atoms with Gasteiger partial charge in [-0.05, 0) is 139 Å². The first kappa shape index (κ1) is 39.8. The lowest BCUT2D eigenvalue weighted by atomic mass is 9.42. The molecule has 9 aromatic rings. The Kier molecular flexibility index (Phi) is 8.64. The number of anilines is 5. The maximum atomic E-state index is 6.97. The van der Waals surface area contributed by atoms with E-state index in [1.165, 1.54) is 89.3 Å².